The zero-order valence-corrected chi connectivity index (χ0v) is 20.1. The molecule has 0 saturated heterocycles. The van der Waals surface area contributed by atoms with Gasteiger partial charge in [0.2, 0.25) is 11.4 Å². The third kappa shape index (κ3) is 5.37. The number of nitrogens with zero attached hydrogens (tertiary/aromatic N) is 7. The topological polar surface area (TPSA) is 186 Å². The molecule has 0 amide bonds. The molecule has 0 unspecified atom stereocenters. The summed E-state index contributed by atoms with van der Waals surface area (Å²) in [5.74, 6) is -0.622. The summed E-state index contributed by atoms with van der Waals surface area (Å²) in [7, 11) is 0. The van der Waals surface area contributed by atoms with Crippen molar-refractivity contribution in [1.29, 1.82) is 0 Å². The highest BCUT2D eigenvalue weighted by molar-refractivity contribution is 6.00. The molecule has 12 heteroatoms. The Bertz CT molecular complexity index is 1450. The van der Waals surface area contributed by atoms with Gasteiger partial charge in [-0.3, -0.25) is 0 Å². The van der Waals surface area contributed by atoms with Crippen LogP contribution in [-0.2, 0) is 16.0 Å². The van der Waals surface area contributed by atoms with Crippen molar-refractivity contribution >= 4 is 23.2 Å². The van der Waals surface area contributed by atoms with E-state index < -0.39 is 17.6 Å². The van der Waals surface area contributed by atoms with Crippen molar-refractivity contribution in [3.63, 3.8) is 0 Å². The van der Waals surface area contributed by atoms with Crippen LogP contribution in [0.3, 0.4) is 0 Å². The van der Waals surface area contributed by atoms with Gasteiger partial charge in [-0.1, -0.05) is 58.8 Å². The van der Waals surface area contributed by atoms with Gasteiger partial charge < -0.3 is 19.7 Å². The number of hydrogen-bond acceptors (Lipinski definition) is 7. The first-order chi connectivity index (χ1) is 18.5. The van der Waals surface area contributed by atoms with E-state index in [1.807, 2.05) is 0 Å². The summed E-state index contributed by atoms with van der Waals surface area (Å²) in [6.07, 6.45) is -0.850. The summed E-state index contributed by atoms with van der Waals surface area (Å²) in [4.78, 5) is 23.3. The molecule has 38 heavy (non-hydrogen) atoms. The first-order valence-electron chi connectivity index (χ1n) is 11.6. The molecule has 1 aliphatic heterocycles. The molecule has 12 nitrogen and oxygen atoms in total. The molecule has 192 valence electrons. The zero-order chi connectivity index (χ0) is 27.0. The Hall–Kier alpha value is -5.02. The van der Waals surface area contributed by atoms with Crippen molar-refractivity contribution in [1.82, 2.24) is 0 Å². The van der Waals surface area contributed by atoms with Gasteiger partial charge in [-0.25, -0.2) is 9.79 Å². The van der Waals surface area contributed by atoms with Crippen LogP contribution in [0.5, 0.6) is 5.75 Å². The van der Waals surface area contributed by atoms with Gasteiger partial charge >= 0.3 is 5.97 Å². The lowest BCUT2D eigenvalue weighted by atomic mass is 9.82. The number of aliphatic imine (C=N–C) groups is 1. The quantitative estimate of drug-likeness (QED) is 0.139. The average Bonchev–Trinajstić information content (AvgIpc) is 3.31. The molecule has 1 heterocycles. The largest absolute Gasteiger partial charge is 0.494 e. The van der Waals surface area contributed by atoms with E-state index in [1.54, 1.807) is 72.8 Å². The van der Waals surface area contributed by atoms with E-state index in [-0.39, 0.29) is 30.3 Å². The summed E-state index contributed by atoms with van der Waals surface area (Å²) in [5.41, 5.74) is 18.0. The maximum Gasteiger partial charge on any atom is 0.336 e. The fraction of sp³-hybridized carbons (Fsp3) is 0.231. The number of carboxylic acid groups (broad SMARTS) is 1. The lowest BCUT2D eigenvalue weighted by Crippen LogP contribution is -2.43. The molecule has 3 aromatic rings. The Balaban J connectivity index is 1.82. The number of azide groups is 2. The maximum absolute atomic E-state index is 13.0. The second kappa shape index (κ2) is 11.8. The van der Waals surface area contributed by atoms with Crippen LogP contribution in [0.2, 0.25) is 0 Å². The van der Waals surface area contributed by atoms with Crippen molar-refractivity contribution in [2.45, 2.75) is 24.5 Å². The van der Waals surface area contributed by atoms with E-state index in [0.29, 0.717) is 35.5 Å². The monoisotopic (exact) mass is 513 g/mol. The normalized spacial score (nSPS) is 17.9. The highest BCUT2D eigenvalue weighted by atomic mass is 16.5. The summed E-state index contributed by atoms with van der Waals surface area (Å²) in [5, 5.41) is 27.0. The van der Waals surface area contributed by atoms with Gasteiger partial charge in [0, 0.05) is 51.8 Å². The minimum Gasteiger partial charge on any atom is -0.494 e. The Morgan fingerprint density at radius 2 is 1.66 bits per heavy atom. The number of aliphatic hydroxyl groups is 1. The molecule has 0 aliphatic carbocycles. The molecule has 0 saturated carbocycles. The summed E-state index contributed by atoms with van der Waals surface area (Å²) in [6.45, 7) is 0.361. The van der Waals surface area contributed by atoms with Crippen LogP contribution >= 0.6 is 0 Å². The Morgan fingerprint density at radius 3 is 2.34 bits per heavy atom. The predicted molar refractivity (Wildman–Crippen MR) is 139 cm³/mol. The number of rotatable bonds is 11. The van der Waals surface area contributed by atoms with Crippen LogP contribution in [0, 0.1) is 0 Å². The standard InChI is InChI=1S/C26H23N7O5/c27-32-30-21-8-3-1-6-18(21)16-26(25(35)36)23(20-7-2-4-9-22(20)31-33-28)38-24(29-26)17-10-12-19(13-11-17)37-15-5-14-34/h1-4,6-13,23,34H,5,14-16H2,(H,35,36)/t23-,26-/m1/s1. The molecule has 0 aromatic heterocycles. The summed E-state index contributed by atoms with van der Waals surface area (Å²) in [6, 6.07) is 20.0. The summed E-state index contributed by atoms with van der Waals surface area (Å²) >= 11 is 0. The third-order valence-electron chi connectivity index (χ3n) is 5.98. The average molecular weight is 514 g/mol. The van der Waals surface area contributed by atoms with Gasteiger partial charge in [0.25, 0.3) is 0 Å². The Morgan fingerprint density at radius 1 is 1.00 bits per heavy atom. The maximum atomic E-state index is 13.0. The van der Waals surface area contributed by atoms with Crippen LogP contribution in [-0.4, -0.2) is 40.8 Å². The fourth-order valence-electron chi connectivity index (χ4n) is 4.19. The zero-order valence-electron chi connectivity index (χ0n) is 20.1. The number of carbonyl (C=O) groups is 1. The molecule has 1 aliphatic rings. The summed E-state index contributed by atoms with van der Waals surface area (Å²) < 4.78 is 11.8. The van der Waals surface area contributed by atoms with Crippen LogP contribution < -0.4 is 4.74 Å². The molecule has 2 atom stereocenters. The lowest BCUT2D eigenvalue weighted by Gasteiger charge is -2.29. The van der Waals surface area contributed by atoms with Crippen molar-refractivity contribution < 1.29 is 24.5 Å². The second-order valence-electron chi connectivity index (χ2n) is 8.34. The number of carboxylic acids is 1. The Labute approximate surface area is 217 Å². The number of hydrogen-bond donors (Lipinski definition) is 2. The fourth-order valence-corrected chi connectivity index (χ4v) is 4.19. The highest BCUT2D eigenvalue weighted by Crippen LogP contribution is 2.46. The highest BCUT2D eigenvalue weighted by Gasteiger charge is 2.54. The molecule has 0 bridgehead atoms. The predicted octanol–water partition coefficient (Wildman–Crippen LogP) is 5.92. The van der Waals surface area contributed by atoms with Crippen molar-refractivity contribution in [3.8, 4) is 5.75 Å². The van der Waals surface area contributed by atoms with Crippen molar-refractivity contribution in [2.24, 2.45) is 15.2 Å². The van der Waals surface area contributed by atoms with Gasteiger partial charge in [0.1, 0.15) is 5.75 Å². The minimum absolute atomic E-state index is 0.0154. The molecule has 2 N–H and O–H groups in total. The Kier molecular flexibility index (Phi) is 8.10. The first kappa shape index (κ1) is 26.1. The molecule has 4 rings (SSSR count). The molecule has 0 fully saturated rings. The van der Waals surface area contributed by atoms with Gasteiger partial charge in [0.15, 0.2) is 6.10 Å². The number of aliphatic carboxylic acids is 1. The van der Waals surface area contributed by atoms with Gasteiger partial charge in [-0.2, -0.15) is 0 Å². The SMILES string of the molecule is [N-]=[N+]=Nc1ccccc1C[C@@]1(C(=O)O)N=C(c2ccc(OCCCO)cc2)O[C@@H]1c1ccccc1N=[N+]=[N-]. The van der Waals surface area contributed by atoms with Crippen LogP contribution in [0.4, 0.5) is 11.4 Å². The van der Waals surface area contributed by atoms with Crippen molar-refractivity contribution in [2.75, 3.05) is 13.2 Å². The molecule has 0 radical (unpaired) electrons. The van der Waals surface area contributed by atoms with Crippen molar-refractivity contribution in [3.05, 3.63) is 110 Å². The molecule has 3 aromatic carbocycles. The van der Waals surface area contributed by atoms with Gasteiger partial charge in [-0.15, -0.1) is 0 Å². The van der Waals surface area contributed by atoms with E-state index >= 15 is 0 Å². The molecular formula is C26H23N7O5. The van der Waals surface area contributed by atoms with E-state index in [0.717, 1.165) is 0 Å². The van der Waals surface area contributed by atoms with Crippen LogP contribution in [0.15, 0.2) is 88.0 Å². The lowest BCUT2D eigenvalue weighted by molar-refractivity contribution is -0.146. The van der Waals surface area contributed by atoms with Crippen LogP contribution in [0.1, 0.15) is 29.2 Å². The van der Waals surface area contributed by atoms with E-state index in [4.69, 9.17) is 25.6 Å². The van der Waals surface area contributed by atoms with Gasteiger partial charge in [-0.05, 0) is 40.9 Å². The third-order valence-corrected chi connectivity index (χ3v) is 5.98. The number of benzene rings is 3. The van der Waals surface area contributed by atoms with Gasteiger partial charge in [0.05, 0.1) is 6.61 Å². The smallest absolute Gasteiger partial charge is 0.336 e. The minimum atomic E-state index is -1.88. The number of aliphatic hydroxyl groups excluding tert-OH is 1. The van der Waals surface area contributed by atoms with Crippen LogP contribution in [0.25, 0.3) is 20.9 Å². The molecule has 0 spiro atoms. The van der Waals surface area contributed by atoms with E-state index in [1.165, 1.54) is 0 Å². The number of ether oxygens (including phenoxy) is 2. The van der Waals surface area contributed by atoms with E-state index in [9.17, 15) is 9.90 Å². The first-order valence-corrected chi connectivity index (χ1v) is 11.6. The van der Waals surface area contributed by atoms with E-state index in [2.05, 4.69) is 25.0 Å². The molecular weight excluding hydrogens is 490 g/mol. The second-order valence-corrected chi connectivity index (χ2v) is 8.34.